The van der Waals surface area contributed by atoms with Crippen LogP contribution in [0.3, 0.4) is 0 Å². The van der Waals surface area contributed by atoms with Gasteiger partial charge < -0.3 is 89.1 Å². The Morgan fingerprint density at radius 1 is 0.380 bits per heavy atom. The number of esters is 3. The molecule has 0 aromatic carbocycles. The Labute approximate surface area is 549 Å². The number of ether oxygens (including phenoxy) is 7. The van der Waals surface area contributed by atoms with E-state index in [1.54, 1.807) is 0 Å². The molecule has 542 valence electrons. The number of hydrogen-bond acceptors (Lipinski definition) is 23. The molecule has 0 spiro atoms. The van der Waals surface area contributed by atoms with Crippen LogP contribution < -0.4 is 0 Å². The highest BCUT2D eigenvalue weighted by Gasteiger charge is 2.58. The van der Waals surface area contributed by atoms with Crippen molar-refractivity contribution in [2.24, 2.45) is 0 Å². The third-order valence-corrected chi connectivity index (χ3v) is 18.9. The van der Waals surface area contributed by atoms with Crippen LogP contribution in [0.4, 0.5) is 0 Å². The summed E-state index contributed by atoms with van der Waals surface area (Å²) in [4.78, 5) is 50.8. The number of phosphoric ester groups is 1. The first-order chi connectivity index (χ1) is 44.3. The highest BCUT2D eigenvalue weighted by Crippen LogP contribution is 2.49. The molecule has 0 amide bonds. The molecule has 2 aliphatic heterocycles. The molecule has 18 unspecified atom stereocenters. The van der Waals surface area contributed by atoms with Crippen molar-refractivity contribution in [1.29, 1.82) is 0 Å². The van der Waals surface area contributed by atoms with Gasteiger partial charge in [-0.25, -0.2) is 4.57 Å². The van der Waals surface area contributed by atoms with Crippen molar-refractivity contribution in [2.75, 3.05) is 26.4 Å². The molecule has 2 heterocycles. The predicted molar refractivity (Wildman–Crippen MR) is 342 cm³/mol. The van der Waals surface area contributed by atoms with Crippen LogP contribution in [0.5, 0.6) is 0 Å². The van der Waals surface area contributed by atoms with E-state index in [9.17, 15) is 74.9 Å². The van der Waals surface area contributed by atoms with Gasteiger partial charge in [0, 0.05) is 19.3 Å². The average Bonchev–Trinajstić information content (AvgIpc) is 0.770. The smallest absolute Gasteiger partial charge is 0.463 e. The Morgan fingerprint density at radius 2 is 0.696 bits per heavy atom. The van der Waals surface area contributed by atoms with Gasteiger partial charge in [0.15, 0.2) is 18.7 Å². The quantitative estimate of drug-likeness (QED) is 0.0117. The fourth-order valence-corrected chi connectivity index (χ4v) is 13.0. The first-order valence-corrected chi connectivity index (χ1v) is 37.3. The molecule has 3 fully saturated rings. The van der Waals surface area contributed by atoms with Crippen molar-refractivity contribution < 1.29 is 117 Å². The highest BCUT2D eigenvalue weighted by atomic mass is 31.2. The Kier molecular flexibility index (Phi) is 46.0. The minimum Gasteiger partial charge on any atom is -0.463 e. The summed E-state index contributed by atoms with van der Waals surface area (Å²) in [5.74, 6) is -1.98. The molecule has 0 aromatic heterocycles. The summed E-state index contributed by atoms with van der Waals surface area (Å²) in [7, 11) is -5.68. The van der Waals surface area contributed by atoms with Crippen LogP contribution >= 0.6 is 7.82 Å². The molecule has 92 heavy (non-hydrogen) atoms. The molecule has 1 aliphatic carbocycles. The third-order valence-electron chi connectivity index (χ3n) is 17.9. The summed E-state index contributed by atoms with van der Waals surface area (Å²) < 4.78 is 64.8. The lowest BCUT2D eigenvalue weighted by Crippen LogP contribution is -2.69. The van der Waals surface area contributed by atoms with Crippen molar-refractivity contribution in [3.05, 3.63) is 0 Å². The van der Waals surface area contributed by atoms with E-state index in [0.717, 1.165) is 89.9 Å². The number of unbranched alkanes of at least 4 members (excludes halogenated alkanes) is 34. The normalized spacial score (nSPS) is 28.6. The summed E-state index contributed by atoms with van der Waals surface area (Å²) in [6, 6.07) is 0. The number of aliphatic hydroxyl groups excluding tert-OH is 10. The van der Waals surface area contributed by atoms with E-state index in [-0.39, 0.29) is 19.3 Å². The molecule has 0 radical (unpaired) electrons. The molecule has 25 heteroatoms. The predicted octanol–water partition coefficient (Wildman–Crippen LogP) is 8.62. The lowest BCUT2D eigenvalue weighted by Gasteiger charge is -2.49. The molecular formula is C67H125O24P. The van der Waals surface area contributed by atoms with Gasteiger partial charge in [-0.1, -0.05) is 239 Å². The summed E-state index contributed by atoms with van der Waals surface area (Å²) in [5, 5.41) is 110. The Hall–Kier alpha value is -2.04. The fourth-order valence-electron chi connectivity index (χ4n) is 12.0. The van der Waals surface area contributed by atoms with Crippen molar-refractivity contribution >= 4 is 25.7 Å². The second kappa shape index (κ2) is 50.3. The fraction of sp³-hybridized carbons (Fsp3) is 0.955. The Balaban J connectivity index is 1.75. The van der Waals surface area contributed by atoms with Crippen molar-refractivity contribution in [3.63, 3.8) is 0 Å². The summed E-state index contributed by atoms with van der Waals surface area (Å²) in [6.07, 6.45) is 4.89. The van der Waals surface area contributed by atoms with Gasteiger partial charge in [-0.05, 0) is 19.3 Å². The van der Waals surface area contributed by atoms with E-state index < -0.39 is 156 Å². The number of phosphoric acid groups is 1. The van der Waals surface area contributed by atoms with Crippen LogP contribution in [0, 0.1) is 0 Å². The van der Waals surface area contributed by atoms with Gasteiger partial charge in [0.1, 0.15) is 98.7 Å². The minimum atomic E-state index is -5.68. The zero-order valence-electron chi connectivity index (χ0n) is 56.1. The van der Waals surface area contributed by atoms with E-state index in [2.05, 4.69) is 20.8 Å². The van der Waals surface area contributed by atoms with Crippen LogP contribution in [-0.4, -0.2) is 204 Å². The van der Waals surface area contributed by atoms with Gasteiger partial charge in [0.25, 0.3) is 0 Å². The van der Waals surface area contributed by atoms with Crippen LogP contribution in [0.2, 0.25) is 0 Å². The van der Waals surface area contributed by atoms with E-state index in [1.165, 1.54) is 128 Å². The van der Waals surface area contributed by atoms with Crippen LogP contribution in [0.25, 0.3) is 0 Å². The van der Waals surface area contributed by atoms with E-state index >= 15 is 0 Å². The second-order valence-electron chi connectivity index (χ2n) is 26.0. The average molecular weight is 1350 g/mol. The lowest BCUT2D eigenvalue weighted by atomic mass is 9.84. The molecule has 1 saturated carbocycles. The monoisotopic (exact) mass is 1340 g/mol. The highest BCUT2D eigenvalue weighted by molar-refractivity contribution is 7.47. The number of aliphatic hydroxyl groups is 10. The molecule has 2 saturated heterocycles. The number of rotatable bonds is 55. The van der Waals surface area contributed by atoms with Crippen LogP contribution in [0.1, 0.15) is 278 Å². The van der Waals surface area contributed by atoms with Gasteiger partial charge in [-0.2, -0.15) is 0 Å². The van der Waals surface area contributed by atoms with E-state index in [1.807, 2.05) is 0 Å². The van der Waals surface area contributed by atoms with Crippen molar-refractivity contribution in [3.8, 4) is 0 Å². The Morgan fingerprint density at radius 3 is 1.07 bits per heavy atom. The maximum Gasteiger partial charge on any atom is 0.472 e. The van der Waals surface area contributed by atoms with Gasteiger partial charge in [-0.3, -0.25) is 23.4 Å². The van der Waals surface area contributed by atoms with Gasteiger partial charge in [-0.15, -0.1) is 0 Å². The minimum absolute atomic E-state index is 0.0330. The maximum atomic E-state index is 14.3. The van der Waals surface area contributed by atoms with Crippen molar-refractivity contribution in [1.82, 2.24) is 0 Å². The summed E-state index contributed by atoms with van der Waals surface area (Å²) >= 11 is 0. The lowest BCUT2D eigenvalue weighted by molar-refractivity contribution is -0.360. The largest absolute Gasteiger partial charge is 0.472 e. The first kappa shape index (κ1) is 84.2. The Bertz CT molecular complexity index is 1920. The zero-order valence-corrected chi connectivity index (χ0v) is 57.0. The van der Waals surface area contributed by atoms with Gasteiger partial charge >= 0.3 is 25.7 Å². The van der Waals surface area contributed by atoms with Gasteiger partial charge in [0.05, 0.1) is 13.2 Å². The molecule has 11 N–H and O–H groups in total. The van der Waals surface area contributed by atoms with E-state index in [4.69, 9.17) is 42.2 Å². The molecule has 0 aromatic rings. The number of carbonyl (C=O) groups is 3. The first-order valence-electron chi connectivity index (χ1n) is 35.8. The number of carbonyl (C=O) groups excluding carboxylic acids is 3. The molecule has 24 nitrogen and oxygen atoms in total. The second-order valence-corrected chi connectivity index (χ2v) is 27.4. The topological polar surface area (TPSA) is 374 Å². The van der Waals surface area contributed by atoms with Gasteiger partial charge in [0.2, 0.25) is 0 Å². The summed E-state index contributed by atoms with van der Waals surface area (Å²) in [6.45, 7) is 3.42. The van der Waals surface area contributed by atoms with E-state index in [0.29, 0.717) is 19.3 Å². The molecular weight excluding hydrogens is 1220 g/mol. The molecule has 3 rings (SSSR count). The molecule has 0 bridgehead atoms. The van der Waals surface area contributed by atoms with Crippen LogP contribution in [-0.2, 0) is 61.2 Å². The third kappa shape index (κ3) is 34.0. The summed E-state index contributed by atoms with van der Waals surface area (Å²) in [5.41, 5.74) is 0. The number of hydrogen-bond donors (Lipinski definition) is 11. The molecule has 18 atom stereocenters. The maximum absolute atomic E-state index is 14.3. The van der Waals surface area contributed by atoms with Crippen molar-refractivity contribution in [2.45, 2.75) is 382 Å². The SMILES string of the molecule is CCCCCCCCCCCCCCCCC(=O)OCC(COP(=O)(O)OC1C(OC2OC(CO)C(O)C(O)C2O)C(O)C(O)C(O)C1OC1OC(COC(=O)CCCCCCCCCCCCCC)C(O)C(O)C1O)OC(=O)CCCCCCCCCCCCC. The van der Waals surface area contributed by atoms with Crippen LogP contribution in [0.15, 0.2) is 0 Å². The zero-order chi connectivity index (χ0) is 67.5. The molecule has 3 aliphatic rings. The standard InChI is InChI=1S/C67H125O24P/c1-4-7-10-13-16-19-22-24-25-28-30-32-35-38-41-51(69)83-45-48(86-53(71)43-40-37-34-31-26-21-18-15-12-9-6-3)46-85-92(81,82)91-65-63(89-66-61(79)56(74)54(72)49(44-68)87-66)59(77)58(76)60(78)64(65)90-67-62(80)57(75)55(73)50(88-67)47-84-52(70)42-39-36-33-29-27-23-20-17-14-11-8-5-2/h48-50,54-68,72-80H,4-47H2,1-3H3,(H,81,82).